The number of ether oxygens (including phenoxy) is 1. The third-order valence-corrected chi connectivity index (χ3v) is 2.65. The van der Waals surface area contributed by atoms with E-state index >= 15 is 0 Å². The van der Waals surface area contributed by atoms with E-state index in [0.29, 0.717) is 18.3 Å². The second-order valence-corrected chi connectivity index (χ2v) is 5.80. The molecule has 2 heterocycles. The largest absolute Gasteiger partial charge is 0.419 e. The van der Waals surface area contributed by atoms with Gasteiger partial charge in [0.2, 0.25) is 11.8 Å². The molecular weight excluding hydrogens is 254 g/mol. The predicted molar refractivity (Wildman–Crippen MR) is 76.6 cm³/mol. The Labute approximate surface area is 119 Å². The zero-order chi connectivity index (χ0) is 14.8. The van der Waals surface area contributed by atoms with Gasteiger partial charge in [-0.3, -0.25) is 4.98 Å². The Bertz CT molecular complexity index is 568. The smallest absolute Gasteiger partial charge is 0.239 e. The van der Waals surface area contributed by atoms with Gasteiger partial charge in [-0.2, -0.15) is 5.10 Å². The van der Waals surface area contributed by atoms with Crippen molar-refractivity contribution in [3.8, 4) is 11.8 Å². The minimum absolute atomic E-state index is 0.0586. The minimum atomic E-state index is 0.0586. The molecule has 1 N–H and O–H groups in total. The van der Waals surface area contributed by atoms with Gasteiger partial charge in [-0.1, -0.05) is 0 Å². The molecule has 0 aliphatic heterocycles. The highest BCUT2D eigenvalue weighted by molar-refractivity contribution is 5.20. The van der Waals surface area contributed by atoms with Crippen molar-refractivity contribution in [1.82, 2.24) is 25.1 Å². The molecule has 0 saturated carbocycles. The summed E-state index contributed by atoms with van der Waals surface area (Å²) >= 11 is 0. The highest BCUT2D eigenvalue weighted by Crippen LogP contribution is 2.18. The third-order valence-electron chi connectivity index (χ3n) is 2.65. The molecule has 2 aromatic heterocycles. The Morgan fingerprint density at radius 1 is 1.25 bits per heavy atom. The standard InChI is InChI=1S/C14H21N5O/c1-10-6-13(19(5)18-10)20-12-9-15-11(7-16-12)8-17-14(2,3)4/h6-7,9,17H,8H2,1-5H3. The fraction of sp³-hybridized carbons (Fsp3) is 0.500. The van der Waals surface area contributed by atoms with Crippen molar-refractivity contribution in [1.29, 1.82) is 0 Å². The van der Waals surface area contributed by atoms with E-state index in [1.54, 1.807) is 17.1 Å². The topological polar surface area (TPSA) is 64.9 Å². The number of nitrogens with zero attached hydrogens (tertiary/aromatic N) is 4. The van der Waals surface area contributed by atoms with Gasteiger partial charge in [-0.15, -0.1) is 0 Å². The average molecular weight is 275 g/mol. The molecule has 108 valence electrons. The lowest BCUT2D eigenvalue weighted by atomic mass is 10.1. The van der Waals surface area contributed by atoms with Crippen LogP contribution in [0.25, 0.3) is 0 Å². The molecule has 0 aliphatic rings. The van der Waals surface area contributed by atoms with Crippen LogP contribution >= 0.6 is 0 Å². The Balaban J connectivity index is 2.00. The summed E-state index contributed by atoms with van der Waals surface area (Å²) in [5, 5.41) is 7.58. The first-order chi connectivity index (χ1) is 9.33. The molecule has 0 bridgehead atoms. The van der Waals surface area contributed by atoms with E-state index in [0.717, 1.165) is 11.4 Å². The van der Waals surface area contributed by atoms with Crippen LogP contribution < -0.4 is 10.1 Å². The first kappa shape index (κ1) is 14.5. The van der Waals surface area contributed by atoms with Gasteiger partial charge in [0.1, 0.15) is 0 Å². The summed E-state index contributed by atoms with van der Waals surface area (Å²) in [5.41, 5.74) is 1.85. The second kappa shape index (κ2) is 5.58. The van der Waals surface area contributed by atoms with Gasteiger partial charge < -0.3 is 10.1 Å². The van der Waals surface area contributed by atoms with Crippen molar-refractivity contribution in [2.75, 3.05) is 0 Å². The fourth-order valence-electron chi connectivity index (χ4n) is 1.63. The molecule has 0 saturated heterocycles. The van der Waals surface area contributed by atoms with Crippen LogP contribution in [0.15, 0.2) is 18.5 Å². The first-order valence-corrected chi connectivity index (χ1v) is 6.58. The second-order valence-electron chi connectivity index (χ2n) is 5.80. The molecular formula is C14H21N5O. The van der Waals surface area contributed by atoms with Crippen molar-refractivity contribution < 1.29 is 4.74 Å². The van der Waals surface area contributed by atoms with Crippen molar-refractivity contribution in [2.24, 2.45) is 7.05 Å². The van der Waals surface area contributed by atoms with Gasteiger partial charge in [-0.05, 0) is 27.7 Å². The molecule has 2 aromatic rings. The van der Waals surface area contributed by atoms with Crippen molar-refractivity contribution >= 4 is 0 Å². The molecule has 0 atom stereocenters. The van der Waals surface area contributed by atoms with Crippen LogP contribution in [-0.4, -0.2) is 25.3 Å². The van der Waals surface area contributed by atoms with Crippen molar-refractivity contribution in [2.45, 2.75) is 39.8 Å². The lowest BCUT2D eigenvalue weighted by Gasteiger charge is -2.19. The van der Waals surface area contributed by atoms with E-state index in [1.165, 1.54) is 0 Å². The molecule has 0 aliphatic carbocycles. The third kappa shape index (κ3) is 4.03. The molecule has 0 aromatic carbocycles. The molecule has 20 heavy (non-hydrogen) atoms. The van der Waals surface area contributed by atoms with E-state index < -0.39 is 0 Å². The van der Waals surface area contributed by atoms with Crippen LogP contribution in [0.1, 0.15) is 32.2 Å². The summed E-state index contributed by atoms with van der Waals surface area (Å²) in [7, 11) is 1.83. The molecule has 0 amide bonds. The van der Waals surface area contributed by atoms with Crippen LogP contribution in [0.2, 0.25) is 0 Å². The predicted octanol–water partition coefficient (Wildman–Crippen LogP) is 2.20. The maximum absolute atomic E-state index is 5.64. The van der Waals surface area contributed by atoms with E-state index in [4.69, 9.17) is 4.74 Å². The SMILES string of the molecule is Cc1cc(Oc2cnc(CNC(C)(C)C)cn2)n(C)n1. The average Bonchev–Trinajstić information content (AvgIpc) is 2.66. The number of hydrogen-bond acceptors (Lipinski definition) is 5. The molecule has 6 heteroatoms. The Morgan fingerprint density at radius 2 is 2.00 bits per heavy atom. The first-order valence-electron chi connectivity index (χ1n) is 6.58. The van der Waals surface area contributed by atoms with Crippen molar-refractivity contribution in [3.63, 3.8) is 0 Å². The van der Waals surface area contributed by atoms with E-state index in [9.17, 15) is 0 Å². The highest BCUT2D eigenvalue weighted by Gasteiger charge is 2.10. The summed E-state index contributed by atoms with van der Waals surface area (Å²) in [6.45, 7) is 8.94. The van der Waals surface area contributed by atoms with Crippen LogP contribution in [-0.2, 0) is 13.6 Å². The lowest BCUT2D eigenvalue weighted by molar-refractivity contribution is 0.407. The Morgan fingerprint density at radius 3 is 2.50 bits per heavy atom. The highest BCUT2D eigenvalue weighted by atomic mass is 16.5. The van der Waals surface area contributed by atoms with E-state index in [-0.39, 0.29) is 5.54 Å². The number of aromatic nitrogens is 4. The van der Waals surface area contributed by atoms with Crippen LogP contribution in [0.3, 0.4) is 0 Å². The van der Waals surface area contributed by atoms with Gasteiger partial charge >= 0.3 is 0 Å². The van der Waals surface area contributed by atoms with Gasteiger partial charge in [-0.25, -0.2) is 9.67 Å². The molecule has 0 radical (unpaired) electrons. The van der Waals surface area contributed by atoms with Gasteiger partial charge in [0.25, 0.3) is 0 Å². The molecule has 0 unspecified atom stereocenters. The van der Waals surface area contributed by atoms with Gasteiger partial charge in [0.15, 0.2) is 0 Å². The van der Waals surface area contributed by atoms with Gasteiger partial charge in [0, 0.05) is 25.2 Å². The number of aryl methyl sites for hydroxylation is 2. The van der Waals surface area contributed by atoms with Crippen molar-refractivity contribution in [3.05, 3.63) is 29.8 Å². The normalized spacial score (nSPS) is 11.7. The van der Waals surface area contributed by atoms with Crippen LogP contribution in [0.4, 0.5) is 0 Å². The van der Waals surface area contributed by atoms with Crippen LogP contribution in [0.5, 0.6) is 11.8 Å². The lowest BCUT2D eigenvalue weighted by Crippen LogP contribution is -2.35. The summed E-state index contributed by atoms with van der Waals surface area (Å²) < 4.78 is 7.31. The Kier molecular flexibility index (Phi) is 4.04. The molecule has 6 nitrogen and oxygen atoms in total. The minimum Gasteiger partial charge on any atom is -0.419 e. The summed E-state index contributed by atoms with van der Waals surface area (Å²) in [5.74, 6) is 1.12. The molecule has 0 fully saturated rings. The van der Waals surface area contributed by atoms with Crippen LogP contribution in [0, 0.1) is 6.92 Å². The number of rotatable bonds is 4. The number of nitrogens with one attached hydrogen (secondary N) is 1. The number of hydrogen-bond donors (Lipinski definition) is 1. The molecule has 2 rings (SSSR count). The quantitative estimate of drug-likeness (QED) is 0.926. The van der Waals surface area contributed by atoms with E-state index in [1.807, 2.05) is 20.0 Å². The maximum atomic E-state index is 5.64. The van der Waals surface area contributed by atoms with Gasteiger partial charge in [0.05, 0.1) is 23.8 Å². The molecule has 0 spiro atoms. The zero-order valence-electron chi connectivity index (χ0n) is 12.6. The maximum Gasteiger partial charge on any atom is 0.239 e. The summed E-state index contributed by atoms with van der Waals surface area (Å²) in [4.78, 5) is 8.59. The summed E-state index contributed by atoms with van der Waals surface area (Å²) in [6, 6.07) is 1.86. The zero-order valence-corrected chi connectivity index (χ0v) is 12.6. The van der Waals surface area contributed by atoms with E-state index in [2.05, 4.69) is 41.2 Å². The monoisotopic (exact) mass is 275 g/mol. The summed E-state index contributed by atoms with van der Waals surface area (Å²) in [6.07, 6.45) is 3.35. The fourth-order valence-corrected chi connectivity index (χ4v) is 1.63. The Hall–Kier alpha value is -1.95.